The molecule has 2 aliphatic rings. The number of aryl methyl sites for hydroxylation is 1. The quantitative estimate of drug-likeness (QED) is 0.165. The molecule has 16 nitrogen and oxygen atoms in total. The SMILES string of the molecule is COc1ccc(C[C@H]2NC(=O)/C=C/C[C@@H]([C@H](C)[C@H]3OC[C@@H]3c3ccc(CN(C)Cc4cn(CCCC(=O)O)nn4)cc3)OC(=O)[C@H](CC(C)C)OC(=O)C(C)CNC2=O)cc1Cl. The first-order chi connectivity index (χ1) is 29.6. The molecular weight excluding hydrogens is 820 g/mol. The number of benzene rings is 2. The Morgan fingerprint density at radius 3 is 2.45 bits per heavy atom. The van der Waals surface area contributed by atoms with Crippen LogP contribution in [-0.4, -0.2) is 106 Å². The molecule has 17 heteroatoms. The van der Waals surface area contributed by atoms with E-state index in [1.165, 1.54) is 13.2 Å². The highest BCUT2D eigenvalue weighted by atomic mass is 35.5. The number of aliphatic carboxylic acids is 1. The zero-order valence-electron chi connectivity index (χ0n) is 36.3. The van der Waals surface area contributed by atoms with Crippen LogP contribution < -0.4 is 15.4 Å². The molecule has 2 amide bonds. The number of esters is 2. The molecule has 2 aromatic carbocycles. The monoisotopic (exact) mass is 878 g/mol. The van der Waals surface area contributed by atoms with Gasteiger partial charge in [-0.15, -0.1) is 5.10 Å². The number of carboxylic acids is 1. The lowest BCUT2D eigenvalue weighted by molar-refractivity contribution is -0.183. The third-order valence-corrected chi connectivity index (χ3v) is 11.3. The fraction of sp³-hybridized carbons (Fsp3) is 0.533. The molecule has 62 heavy (non-hydrogen) atoms. The Labute approximate surface area is 367 Å². The first-order valence-corrected chi connectivity index (χ1v) is 21.5. The lowest BCUT2D eigenvalue weighted by Gasteiger charge is -2.43. The molecule has 0 aliphatic carbocycles. The normalized spacial score (nSPS) is 23.8. The minimum atomic E-state index is -1.18. The van der Waals surface area contributed by atoms with Crippen LogP contribution in [0.3, 0.4) is 0 Å². The van der Waals surface area contributed by atoms with Crippen molar-refractivity contribution >= 4 is 41.3 Å². The number of ether oxygens (including phenoxy) is 4. The number of hydrogen-bond acceptors (Lipinski definition) is 12. The van der Waals surface area contributed by atoms with Crippen molar-refractivity contribution in [1.29, 1.82) is 0 Å². The number of amides is 2. The second-order valence-electron chi connectivity index (χ2n) is 16.7. The molecule has 3 N–H and O–H groups in total. The fourth-order valence-electron chi connectivity index (χ4n) is 7.49. The summed E-state index contributed by atoms with van der Waals surface area (Å²) in [4.78, 5) is 66.9. The number of nitrogens with zero attached hydrogens (tertiary/aromatic N) is 4. The van der Waals surface area contributed by atoms with Crippen molar-refractivity contribution in [3.63, 3.8) is 0 Å². The summed E-state index contributed by atoms with van der Waals surface area (Å²) in [6, 6.07) is 12.4. The van der Waals surface area contributed by atoms with Crippen LogP contribution in [0.4, 0.5) is 0 Å². The number of methoxy groups -OCH3 is 1. The third kappa shape index (κ3) is 13.8. The van der Waals surface area contributed by atoms with Gasteiger partial charge in [0.1, 0.15) is 17.9 Å². The topological polar surface area (TPSA) is 201 Å². The van der Waals surface area contributed by atoms with Crippen molar-refractivity contribution in [3.8, 4) is 5.75 Å². The second-order valence-corrected chi connectivity index (χ2v) is 17.1. The lowest BCUT2D eigenvalue weighted by atomic mass is 9.79. The summed E-state index contributed by atoms with van der Waals surface area (Å²) in [7, 11) is 3.49. The van der Waals surface area contributed by atoms with Crippen LogP contribution in [-0.2, 0) is 64.2 Å². The molecule has 0 radical (unpaired) electrons. The van der Waals surface area contributed by atoms with E-state index in [1.807, 2.05) is 34.0 Å². The van der Waals surface area contributed by atoms with Gasteiger partial charge < -0.3 is 34.7 Å². The second kappa shape index (κ2) is 22.7. The maximum atomic E-state index is 13.8. The molecular formula is C45H59ClN6O10. The third-order valence-electron chi connectivity index (χ3n) is 11.0. The Balaban J connectivity index is 1.28. The van der Waals surface area contributed by atoms with Gasteiger partial charge in [0.05, 0.1) is 36.5 Å². The zero-order valence-corrected chi connectivity index (χ0v) is 37.0. The highest BCUT2D eigenvalue weighted by Gasteiger charge is 2.42. The van der Waals surface area contributed by atoms with E-state index in [-0.39, 0.29) is 56.1 Å². The predicted molar refractivity (Wildman–Crippen MR) is 229 cm³/mol. The van der Waals surface area contributed by atoms with E-state index in [0.29, 0.717) is 49.0 Å². The highest BCUT2D eigenvalue weighted by Crippen LogP contribution is 2.39. The number of carboxylic acid groups (broad SMARTS) is 1. The van der Waals surface area contributed by atoms with Gasteiger partial charge in [-0.1, -0.05) is 80.9 Å². The van der Waals surface area contributed by atoms with Gasteiger partial charge in [-0.2, -0.15) is 0 Å². The Hall–Kier alpha value is -5.32. The van der Waals surface area contributed by atoms with Crippen LogP contribution in [0.15, 0.2) is 60.8 Å². The molecule has 3 heterocycles. The molecule has 2 aliphatic heterocycles. The molecule has 1 fully saturated rings. The summed E-state index contributed by atoms with van der Waals surface area (Å²) >= 11 is 6.35. The summed E-state index contributed by atoms with van der Waals surface area (Å²) in [5.41, 5.74) is 3.64. The van der Waals surface area contributed by atoms with Crippen LogP contribution in [0.25, 0.3) is 0 Å². The van der Waals surface area contributed by atoms with E-state index in [2.05, 4.69) is 50.1 Å². The van der Waals surface area contributed by atoms with Crippen molar-refractivity contribution in [3.05, 3.63) is 88.2 Å². The van der Waals surface area contributed by atoms with Gasteiger partial charge in [0.25, 0.3) is 0 Å². The number of rotatable bonds is 16. The van der Waals surface area contributed by atoms with Crippen molar-refractivity contribution in [2.24, 2.45) is 17.8 Å². The van der Waals surface area contributed by atoms with E-state index >= 15 is 0 Å². The molecule has 7 atom stereocenters. The van der Waals surface area contributed by atoms with E-state index in [4.69, 9.17) is 35.7 Å². The number of hydrogen-bond donors (Lipinski definition) is 3. The fourth-order valence-corrected chi connectivity index (χ4v) is 7.77. The van der Waals surface area contributed by atoms with Gasteiger partial charge in [-0.25, -0.2) is 4.79 Å². The minimum Gasteiger partial charge on any atom is -0.495 e. The molecule has 3 aromatic rings. The number of cyclic esters (lactones) is 2. The minimum absolute atomic E-state index is 0.00716. The molecule has 0 spiro atoms. The van der Waals surface area contributed by atoms with Gasteiger partial charge in [0.15, 0.2) is 6.10 Å². The summed E-state index contributed by atoms with van der Waals surface area (Å²) < 4.78 is 25.0. The van der Waals surface area contributed by atoms with Gasteiger partial charge in [0.2, 0.25) is 11.8 Å². The number of aromatic nitrogens is 3. The Morgan fingerprint density at radius 2 is 1.79 bits per heavy atom. The van der Waals surface area contributed by atoms with Crippen LogP contribution in [0.1, 0.15) is 81.7 Å². The van der Waals surface area contributed by atoms with Crippen molar-refractivity contribution in [2.45, 2.75) is 110 Å². The van der Waals surface area contributed by atoms with E-state index in [1.54, 1.807) is 35.9 Å². The maximum Gasteiger partial charge on any atom is 0.347 e. The van der Waals surface area contributed by atoms with Crippen LogP contribution in [0, 0.1) is 17.8 Å². The number of carbonyl (C=O) groups is 5. The van der Waals surface area contributed by atoms with Crippen LogP contribution >= 0.6 is 11.6 Å². The zero-order chi connectivity index (χ0) is 44.9. The van der Waals surface area contributed by atoms with Crippen molar-refractivity contribution in [1.82, 2.24) is 30.5 Å². The average Bonchev–Trinajstić information content (AvgIpc) is 3.64. The van der Waals surface area contributed by atoms with E-state index in [0.717, 1.165) is 16.8 Å². The van der Waals surface area contributed by atoms with E-state index in [9.17, 15) is 24.0 Å². The number of nitrogens with one attached hydrogen (secondary N) is 2. The first-order valence-electron chi connectivity index (χ1n) is 21.1. The number of halogens is 1. The van der Waals surface area contributed by atoms with Gasteiger partial charge >= 0.3 is 17.9 Å². The summed E-state index contributed by atoms with van der Waals surface area (Å²) in [6.07, 6.45) is 3.59. The molecule has 0 bridgehead atoms. The first kappa shape index (κ1) is 47.7. The largest absolute Gasteiger partial charge is 0.495 e. The van der Waals surface area contributed by atoms with Gasteiger partial charge in [-0.3, -0.25) is 28.8 Å². The van der Waals surface area contributed by atoms with Gasteiger partial charge in [-0.05, 0) is 60.7 Å². The Morgan fingerprint density at radius 1 is 1.05 bits per heavy atom. The summed E-state index contributed by atoms with van der Waals surface area (Å²) in [5.74, 6) is -3.89. The molecule has 0 saturated carbocycles. The summed E-state index contributed by atoms with van der Waals surface area (Å²) in [6.45, 7) is 9.47. The predicted octanol–water partition coefficient (Wildman–Crippen LogP) is 4.86. The highest BCUT2D eigenvalue weighted by molar-refractivity contribution is 6.32. The van der Waals surface area contributed by atoms with Crippen molar-refractivity contribution in [2.75, 3.05) is 27.3 Å². The molecule has 1 aromatic heterocycles. The van der Waals surface area contributed by atoms with Crippen LogP contribution in [0.5, 0.6) is 5.75 Å². The average molecular weight is 879 g/mol. The van der Waals surface area contributed by atoms with E-state index < -0.39 is 53.9 Å². The summed E-state index contributed by atoms with van der Waals surface area (Å²) in [5, 5.41) is 23.1. The lowest BCUT2D eigenvalue weighted by Crippen LogP contribution is -2.49. The maximum absolute atomic E-state index is 13.8. The van der Waals surface area contributed by atoms with Crippen LogP contribution in [0.2, 0.25) is 5.02 Å². The molecule has 1 unspecified atom stereocenters. The smallest absolute Gasteiger partial charge is 0.347 e. The van der Waals surface area contributed by atoms with Gasteiger partial charge in [0, 0.05) is 63.5 Å². The number of carbonyl (C=O) groups excluding carboxylic acids is 4. The van der Waals surface area contributed by atoms with Crippen molar-refractivity contribution < 1.29 is 48.0 Å². The molecule has 336 valence electrons. The molecule has 1 saturated heterocycles. The standard InChI is InChI=1S/C45H59ClN6O10/c1-27(2)19-39-45(58)61-37(9-7-10-40(53)48-36(43(56)47-22-28(3)44(57)62-39)21-31-14-17-38(59-6)35(46)20-31)29(4)42-34(26-60-42)32-15-12-30(13-16-32)23-51(5)24-33-25-52(50-49-33)18-8-11-41(54)55/h7,10,12-17,20,25,27-29,34,36-37,39,42H,8-9,11,18-19,21-24,26H2,1-6H3,(H,47,56)(H,48,53)(H,54,55)/b10-7+/t28?,29-,34+,36+,37-,39-,42+/m0/s1. The Bertz CT molecular complexity index is 2040. The Kier molecular flexibility index (Phi) is 17.5. The molecule has 5 rings (SSSR count).